The van der Waals surface area contributed by atoms with Crippen molar-refractivity contribution in [3.63, 3.8) is 0 Å². The summed E-state index contributed by atoms with van der Waals surface area (Å²) in [6.45, 7) is 10.6. The number of carbonyl (C=O) groups excluding carboxylic acids is 1. The molecular formula is C18H28N2O. The van der Waals surface area contributed by atoms with Gasteiger partial charge in [0, 0.05) is 25.2 Å². The predicted molar refractivity (Wildman–Crippen MR) is 87.9 cm³/mol. The van der Waals surface area contributed by atoms with Crippen LogP contribution >= 0.6 is 0 Å². The van der Waals surface area contributed by atoms with Crippen LogP contribution in [0.3, 0.4) is 0 Å². The number of aryl methyl sites for hydroxylation is 1. The maximum Gasteiger partial charge on any atom is 0.251 e. The van der Waals surface area contributed by atoms with Crippen LogP contribution in [0.1, 0.15) is 65.3 Å². The largest absolute Gasteiger partial charge is 0.355 e. The van der Waals surface area contributed by atoms with E-state index < -0.39 is 0 Å². The molecule has 1 aromatic rings. The summed E-state index contributed by atoms with van der Waals surface area (Å²) in [5.74, 6) is 0.0391. The molecule has 116 valence electrons. The third-order valence-corrected chi connectivity index (χ3v) is 4.79. The normalized spacial score (nSPS) is 20.1. The highest BCUT2D eigenvalue weighted by Crippen LogP contribution is 2.41. The second kappa shape index (κ2) is 6.61. The fourth-order valence-electron chi connectivity index (χ4n) is 3.84. The molecule has 1 N–H and O–H groups in total. The summed E-state index contributed by atoms with van der Waals surface area (Å²) in [7, 11) is 1.70. The Morgan fingerprint density at radius 1 is 1.29 bits per heavy atom. The quantitative estimate of drug-likeness (QED) is 0.859. The molecule has 2 aliphatic rings. The third kappa shape index (κ3) is 2.71. The van der Waals surface area contributed by atoms with Crippen LogP contribution in [0.5, 0.6) is 0 Å². The number of nitrogens with one attached hydrogen (secondary N) is 1. The van der Waals surface area contributed by atoms with Gasteiger partial charge in [-0.15, -0.1) is 0 Å². The number of carbonyl (C=O) groups is 1. The van der Waals surface area contributed by atoms with Crippen molar-refractivity contribution in [2.24, 2.45) is 0 Å². The molecular weight excluding hydrogens is 260 g/mol. The summed E-state index contributed by atoms with van der Waals surface area (Å²) in [6.07, 6.45) is 3.66. The first-order valence-corrected chi connectivity index (χ1v) is 8.22. The lowest BCUT2D eigenvalue weighted by Crippen LogP contribution is -2.33. The number of fused-ring (bicyclic) bond motifs is 3. The van der Waals surface area contributed by atoms with Gasteiger partial charge in [0.15, 0.2) is 0 Å². The average molecular weight is 288 g/mol. The second-order valence-electron chi connectivity index (χ2n) is 5.78. The molecule has 21 heavy (non-hydrogen) atoms. The highest BCUT2D eigenvalue weighted by Gasteiger charge is 2.33. The van der Waals surface area contributed by atoms with Gasteiger partial charge in [0.25, 0.3) is 5.91 Å². The van der Waals surface area contributed by atoms with E-state index in [1.54, 1.807) is 7.05 Å². The number of benzene rings is 1. The lowest BCUT2D eigenvalue weighted by atomic mass is 9.84. The molecule has 0 bridgehead atoms. The molecule has 0 aromatic heterocycles. The standard InChI is InChI=1S/C16H22N2O.C2H6/c1-10-9-13(16(19)17-3)11(2)12-6-8-18-7-4-5-14(18)15(10)12;1-2/h9,14H,4-8H2,1-3H3,(H,17,19);1-2H3. The highest BCUT2D eigenvalue weighted by molar-refractivity contribution is 5.96. The Morgan fingerprint density at radius 3 is 2.67 bits per heavy atom. The Kier molecular flexibility index (Phi) is 5.04. The van der Waals surface area contributed by atoms with Crippen LogP contribution in [0.2, 0.25) is 0 Å². The van der Waals surface area contributed by atoms with Gasteiger partial charge in [-0.05, 0) is 68.0 Å². The zero-order valence-electron chi connectivity index (χ0n) is 14.0. The summed E-state index contributed by atoms with van der Waals surface area (Å²) in [5.41, 5.74) is 6.27. The average Bonchev–Trinajstić information content (AvgIpc) is 2.99. The predicted octanol–water partition coefficient (Wildman–Crippen LogP) is 3.38. The number of hydrogen-bond donors (Lipinski definition) is 1. The first-order chi connectivity index (χ1) is 10.1. The molecule has 1 amide bonds. The molecule has 0 spiro atoms. The minimum Gasteiger partial charge on any atom is -0.355 e. The maximum atomic E-state index is 12.0. The van der Waals surface area contributed by atoms with Crippen LogP contribution in [0, 0.1) is 13.8 Å². The van der Waals surface area contributed by atoms with Gasteiger partial charge in [0.1, 0.15) is 0 Å². The molecule has 2 aliphatic heterocycles. The minimum atomic E-state index is 0.0391. The monoisotopic (exact) mass is 288 g/mol. The summed E-state index contributed by atoms with van der Waals surface area (Å²) in [4.78, 5) is 14.6. The number of hydrogen-bond acceptors (Lipinski definition) is 2. The molecule has 1 unspecified atom stereocenters. The topological polar surface area (TPSA) is 32.3 Å². The Morgan fingerprint density at radius 2 is 2.00 bits per heavy atom. The zero-order chi connectivity index (χ0) is 15.6. The van der Waals surface area contributed by atoms with E-state index in [0.29, 0.717) is 6.04 Å². The smallest absolute Gasteiger partial charge is 0.251 e. The molecule has 0 aliphatic carbocycles. The van der Waals surface area contributed by atoms with Crippen molar-refractivity contribution < 1.29 is 4.79 Å². The molecule has 1 saturated heterocycles. The fraction of sp³-hybridized carbons (Fsp3) is 0.611. The van der Waals surface area contributed by atoms with Crippen LogP contribution < -0.4 is 5.32 Å². The zero-order valence-corrected chi connectivity index (χ0v) is 14.0. The molecule has 3 rings (SSSR count). The fourth-order valence-corrected chi connectivity index (χ4v) is 3.84. The molecule has 0 saturated carbocycles. The van der Waals surface area contributed by atoms with Gasteiger partial charge >= 0.3 is 0 Å². The van der Waals surface area contributed by atoms with Gasteiger partial charge in [-0.2, -0.15) is 0 Å². The van der Waals surface area contributed by atoms with Crippen LogP contribution in [0.25, 0.3) is 0 Å². The summed E-state index contributed by atoms with van der Waals surface area (Å²) in [6, 6.07) is 2.68. The highest BCUT2D eigenvalue weighted by atomic mass is 16.1. The van der Waals surface area contributed by atoms with Crippen molar-refractivity contribution in [2.45, 2.75) is 53.0 Å². The lowest BCUT2D eigenvalue weighted by Gasteiger charge is -2.34. The van der Waals surface area contributed by atoms with E-state index in [2.05, 4.69) is 30.1 Å². The Balaban J connectivity index is 0.000000774. The lowest BCUT2D eigenvalue weighted by molar-refractivity contribution is 0.0962. The Bertz CT molecular complexity index is 537. The van der Waals surface area contributed by atoms with Crippen molar-refractivity contribution in [3.05, 3.63) is 33.9 Å². The SMILES string of the molecule is CC.CNC(=O)c1cc(C)c2c(c1C)CCN1CCCC21. The van der Waals surface area contributed by atoms with E-state index >= 15 is 0 Å². The number of amides is 1. The van der Waals surface area contributed by atoms with Crippen molar-refractivity contribution in [1.82, 2.24) is 10.2 Å². The van der Waals surface area contributed by atoms with Gasteiger partial charge in [-0.25, -0.2) is 0 Å². The maximum absolute atomic E-state index is 12.0. The van der Waals surface area contributed by atoms with E-state index in [0.717, 1.165) is 18.5 Å². The molecule has 3 nitrogen and oxygen atoms in total. The second-order valence-corrected chi connectivity index (χ2v) is 5.78. The molecule has 2 heterocycles. The Hall–Kier alpha value is -1.35. The number of rotatable bonds is 1. The van der Waals surface area contributed by atoms with E-state index in [4.69, 9.17) is 0 Å². The number of nitrogens with zero attached hydrogens (tertiary/aromatic N) is 1. The first-order valence-electron chi connectivity index (χ1n) is 8.22. The van der Waals surface area contributed by atoms with Crippen LogP contribution in [0.15, 0.2) is 6.07 Å². The minimum absolute atomic E-state index is 0.0391. The summed E-state index contributed by atoms with van der Waals surface area (Å²) >= 11 is 0. The van der Waals surface area contributed by atoms with Gasteiger partial charge in [0.05, 0.1) is 0 Å². The van der Waals surface area contributed by atoms with Gasteiger partial charge in [-0.3, -0.25) is 9.69 Å². The van der Waals surface area contributed by atoms with E-state index in [-0.39, 0.29) is 5.91 Å². The molecule has 1 fully saturated rings. The van der Waals surface area contributed by atoms with Crippen molar-refractivity contribution in [2.75, 3.05) is 20.1 Å². The van der Waals surface area contributed by atoms with Crippen LogP contribution in [-0.4, -0.2) is 30.9 Å². The molecule has 3 heteroatoms. The van der Waals surface area contributed by atoms with E-state index in [1.807, 2.05) is 13.8 Å². The van der Waals surface area contributed by atoms with Gasteiger partial charge in [0.2, 0.25) is 0 Å². The van der Waals surface area contributed by atoms with Crippen molar-refractivity contribution >= 4 is 5.91 Å². The molecule has 1 atom stereocenters. The summed E-state index contributed by atoms with van der Waals surface area (Å²) in [5, 5.41) is 2.75. The Labute approximate surface area is 128 Å². The van der Waals surface area contributed by atoms with Crippen molar-refractivity contribution in [3.8, 4) is 0 Å². The molecule has 1 aromatic carbocycles. The van der Waals surface area contributed by atoms with Crippen LogP contribution in [-0.2, 0) is 6.42 Å². The summed E-state index contributed by atoms with van der Waals surface area (Å²) < 4.78 is 0. The van der Waals surface area contributed by atoms with Gasteiger partial charge in [-0.1, -0.05) is 13.8 Å². The molecule has 0 radical (unpaired) electrons. The van der Waals surface area contributed by atoms with Crippen LogP contribution in [0.4, 0.5) is 0 Å². The third-order valence-electron chi connectivity index (χ3n) is 4.79. The van der Waals surface area contributed by atoms with Crippen molar-refractivity contribution in [1.29, 1.82) is 0 Å². The first kappa shape index (κ1) is 16.0. The van der Waals surface area contributed by atoms with Gasteiger partial charge < -0.3 is 5.32 Å². The van der Waals surface area contributed by atoms with E-state index in [1.165, 1.54) is 41.6 Å². The van der Waals surface area contributed by atoms with E-state index in [9.17, 15) is 4.79 Å².